The number of aliphatic hydroxyl groups is 1. The molecule has 4 nitrogen and oxygen atoms in total. The number of nitrogens with one attached hydrogen (secondary N) is 1. The fourth-order valence-corrected chi connectivity index (χ4v) is 1.91. The van der Waals surface area contributed by atoms with Crippen molar-refractivity contribution in [3.8, 4) is 0 Å². The Kier molecular flexibility index (Phi) is 4.74. The number of hydrogen-bond donors (Lipinski definition) is 2. The first kappa shape index (κ1) is 13.5. The Labute approximate surface area is 98.0 Å². The summed E-state index contributed by atoms with van der Waals surface area (Å²) in [7, 11) is 1.78. The maximum absolute atomic E-state index is 12.0. The van der Waals surface area contributed by atoms with E-state index < -0.39 is 5.54 Å². The molecule has 1 amide bonds. The summed E-state index contributed by atoms with van der Waals surface area (Å²) in [6.45, 7) is 5.80. The van der Waals surface area contributed by atoms with Crippen LogP contribution < -0.4 is 5.32 Å². The summed E-state index contributed by atoms with van der Waals surface area (Å²) >= 11 is 0. The Morgan fingerprint density at radius 2 is 2.00 bits per heavy atom. The van der Waals surface area contributed by atoms with Gasteiger partial charge in [0.15, 0.2) is 0 Å². The summed E-state index contributed by atoms with van der Waals surface area (Å²) in [5, 5.41) is 12.5. The van der Waals surface area contributed by atoms with Crippen molar-refractivity contribution in [2.75, 3.05) is 26.7 Å². The molecular formula is C12H24N2O2. The van der Waals surface area contributed by atoms with E-state index in [1.54, 1.807) is 11.9 Å². The molecule has 16 heavy (non-hydrogen) atoms. The number of nitrogens with zero attached hydrogens (tertiary/aromatic N) is 1. The summed E-state index contributed by atoms with van der Waals surface area (Å²) in [5.74, 6) is 0.650. The van der Waals surface area contributed by atoms with E-state index in [9.17, 15) is 9.90 Å². The van der Waals surface area contributed by atoms with Crippen molar-refractivity contribution >= 4 is 5.91 Å². The molecule has 1 fully saturated rings. The first-order valence-electron chi connectivity index (χ1n) is 6.05. The zero-order chi connectivity index (χ0) is 12.2. The van der Waals surface area contributed by atoms with Crippen LogP contribution in [0.4, 0.5) is 0 Å². The van der Waals surface area contributed by atoms with Crippen LogP contribution in [-0.2, 0) is 4.79 Å². The van der Waals surface area contributed by atoms with E-state index in [1.807, 2.05) is 13.8 Å². The van der Waals surface area contributed by atoms with Crippen LogP contribution in [0, 0.1) is 5.92 Å². The fourth-order valence-electron chi connectivity index (χ4n) is 1.91. The van der Waals surface area contributed by atoms with Crippen molar-refractivity contribution in [1.82, 2.24) is 10.2 Å². The van der Waals surface area contributed by atoms with Crippen LogP contribution in [0.2, 0.25) is 0 Å². The summed E-state index contributed by atoms with van der Waals surface area (Å²) in [4.78, 5) is 13.7. The van der Waals surface area contributed by atoms with Gasteiger partial charge in [0, 0.05) is 13.5 Å². The maximum atomic E-state index is 12.0. The molecule has 0 saturated carbocycles. The van der Waals surface area contributed by atoms with Gasteiger partial charge in [0.1, 0.15) is 0 Å². The molecule has 0 aromatic heterocycles. The van der Waals surface area contributed by atoms with E-state index in [4.69, 9.17) is 0 Å². The second-order valence-corrected chi connectivity index (χ2v) is 5.32. The van der Waals surface area contributed by atoms with Gasteiger partial charge in [0.2, 0.25) is 5.91 Å². The molecule has 0 atom stereocenters. The Hall–Kier alpha value is -0.610. The third-order valence-corrected chi connectivity index (χ3v) is 3.59. The number of likely N-dealkylation sites (N-methyl/N-ethyl adjacent to an activating group) is 1. The minimum absolute atomic E-state index is 0.00145. The van der Waals surface area contributed by atoms with Gasteiger partial charge in [-0.3, -0.25) is 4.79 Å². The zero-order valence-electron chi connectivity index (χ0n) is 10.6. The molecule has 1 heterocycles. The SMILES string of the molecule is CN(C(=O)CC1CCNCC1)C(C)(C)CO. The van der Waals surface area contributed by atoms with Crippen LogP contribution in [0.25, 0.3) is 0 Å². The van der Waals surface area contributed by atoms with Gasteiger partial charge in [-0.15, -0.1) is 0 Å². The van der Waals surface area contributed by atoms with Gasteiger partial charge >= 0.3 is 0 Å². The second-order valence-electron chi connectivity index (χ2n) is 5.32. The Bertz CT molecular complexity index is 235. The number of hydrogen-bond acceptors (Lipinski definition) is 3. The lowest BCUT2D eigenvalue weighted by atomic mass is 9.93. The van der Waals surface area contributed by atoms with Gasteiger partial charge in [0.05, 0.1) is 12.1 Å². The Balaban J connectivity index is 2.44. The Morgan fingerprint density at radius 1 is 1.44 bits per heavy atom. The molecule has 94 valence electrons. The number of aliphatic hydroxyl groups excluding tert-OH is 1. The van der Waals surface area contributed by atoms with Crippen LogP contribution in [0.1, 0.15) is 33.1 Å². The molecular weight excluding hydrogens is 204 g/mol. The first-order valence-corrected chi connectivity index (χ1v) is 6.05. The standard InChI is InChI=1S/C12H24N2O2/c1-12(2,9-15)14(3)11(16)8-10-4-6-13-7-5-10/h10,13,15H,4-9H2,1-3H3. The minimum atomic E-state index is -0.454. The molecule has 0 aromatic rings. The average molecular weight is 228 g/mol. The maximum Gasteiger partial charge on any atom is 0.223 e. The highest BCUT2D eigenvalue weighted by atomic mass is 16.3. The summed E-state index contributed by atoms with van der Waals surface area (Å²) < 4.78 is 0. The monoisotopic (exact) mass is 228 g/mol. The molecule has 1 aliphatic heterocycles. The van der Waals surface area contributed by atoms with Crippen molar-refractivity contribution in [2.24, 2.45) is 5.92 Å². The smallest absolute Gasteiger partial charge is 0.223 e. The minimum Gasteiger partial charge on any atom is -0.394 e. The van der Waals surface area contributed by atoms with Crippen molar-refractivity contribution in [3.63, 3.8) is 0 Å². The van der Waals surface area contributed by atoms with E-state index in [-0.39, 0.29) is 12.5 Å². The summed E-state index contributed by atoms with van der Waals surface area (Å²) in [6.07, 6.45) is 2.78. The zero-order valence-corrected chi connectivity index (χ0v) is 10.6. The third kappa shape index (κ3) is 3.46. The number of carbonyl (C=O) groups excluding carboxylic acids is 1. The van der Waals surface area contributed by atoms with E-state index in [2.05, 4.69) is 5.32 Å². The van der Waals surface area contributed by atoms with Gasteiger partial charge in [-0.1, -0.05) is 0 Å². The number of rotatable bonds is 4. The normalized spacial score (nSPS) is 18.5. The lowest BCUT2D eigenvalue weighted by Crippen LogP contribution is -2.48. The molecule has 0 radical (unpaired) electrons. The van der Waals surface area contributed by atoms with Crippen LogP contribution in [0.15, 0.2) is 0 Å². The largest absolute Gasteiger partial charge is 0.394 e. The quantitative estimate of drug-likeness (QED) is 0.741. The summed E-state index contributed by atoms with van der Waals surface area (Å²) in [6, 6.07) is 0. The van der Waals surface area contributed by atoms with Gasteiger partial charge in [-0.2, -0.15) is 0 Å². The molecule has 2 N–H and O–H groups in total. The van der Waals surface area contributed by atoms with Crippen LogP contribution in [-0.4, -0.2) is 48.2 Å². The Morgan fingerprint density at radius 3 is 2.50 bits per heavy atom. The highest BCUT2D eigenvalue weighted by Crippen LogP contribution is 2.20. The number of amides is 1. The number of piperidine rings is 1. The lowest BCUT2D eigenvalue weighted by Gasteiger charge is -2.35. The van der Waals surface area contributed by atoms with E-state index in [1.165, 1.54) is 0 Å². The third-order valence-electron chi connectivity index (χ3n) is 3.59. The van der Waals surface area contributed by atoms with Crippen LogP contribution in [0.5, 0.6) is 0 Å². The van der Waals surface area contributed by atoms with Gasteiger partial charge in [-0.25, -0.2) is 0 Å². The highest BCUT2D eigenvalue weighted by Gasteiger charge is 2.28. The molecule has 1 rings (SSSR count). The van der Waals surface area contributed by atoms with Gasteiger partial charge < -0.3 is 15.3 Å². The lowest BCUT2D eigenvalue weighted by molar-refractivity contribution is -0.137. The molecule has 0 spiro atoms. The average Bonchev–Trinajstić information content (AvgIpc) is 2.29. The molecule has 4 heteroatoms. The molecule has 1 saturated heterocycles. The van der Waals surface area contributed by atoms with Crippen molar-refractivity contribution in [2.45, 2.75) is 38.6 Å². The molecule has 0 unspecified atom stereocenters. The fraction of sp³-hybridized carbons (Fsp3) is 0.917. The van der Waals surface area contributed by atoms with Crippen molar-refractivity contribution in [1.29, 1.82) is 0 Å². The number of carbonyl (C=O) groups is 1. The van der Waals surface area contributed by atoms with Crippen molar-refractivity contribution in [3.05, 3.63) is 0 Å². The molecule has 0 aliphatic carbocycles. The van der Waals surface area contributed by atoms with Gasteiger partial charge in [0.25, 0.3) is 0 Å². The van der Waals surface area contributed by atoms with E-state index >= 15 is 0 Å². The highest BCUT2D eigenvalue weighted by molar-refractivity contribution is 5.77. The van der Waals surface area contributed by atoms with E-state index in [0.717, 1.165) is 25.9 Å². The molecule has 1 aliphatic rings. The molecule has 0 bridgehead atoms. The predicted octanol–water partition coefficient (Wildman–Crippen LogP) is 0.605. The molecule has 0 aromatic carbocycles. The van der Waals surface area contributed by atoms with Crippen LogP contribution in [0.3, 0.4) is 0 Å². The van der Waals surface area contributed by atoms with E-state index in [0.29, 0.717) is 12.3 Å². The van der Waals surface area contributed by atoms with Gasteiger partial charge in [-0.05, 0) is 45.7 Å². The summed E-state index contributed by atoms with van der Waals surface area (Å²) in [5.41, 5.74) is -0.454. The topological polar surface area (TPSA) is 52.6 Å². The van der Waals surface area contributed by atoms with Crippen molar-refractivity contribution < 1.29 is 9.90 Å². The predicted molar refractivity (Wildman–Crippen MR) is 64.1 cm³/mol. The second kappa shape index (κ2) is 5.64. The first-order chi connectivity index (χ1) is 7.47. The van der Waals surface area contributed by atoms with Crippen LogP contribution >= 0.6 is 0 Å².